The topological polar surface area (TPSA) is 143 Å². The molecular weight excluding hydrogens is 460 g/mol. The lowest BCUT2D eigenvalue weighted by Crippen LogP contribution is -2.45. The lowest BCUT2D eigenvalue weighted by Gasteiger charge is -2.30. The zero-order chi connectivity index (χ0) is 25.5. The highest BCUT2D eigenvalue weighted by molar-refractivity contribution is 5.91. The quantitative estimate of drug-likeness (QED) is 0.407. The van der Waals surface area contributed by atoms with Crippen LogP contribution in [-0.2, 0) is 28.0 Å². The van der Waals surface area contributed by atoms with Crippen molar-refractivity contribution in [3.05, 3.63) is 58.1 Å². The first-order valence-electron chi connectivity index (χ1n) is 12.5. The lowest BCUT2D eigenvalue weighted by molar-refractivity contribution is -0.121. The number of benzene rings is 1. The number of amides is 2. The molecule has 1 aromatic carbocycles. The number of hydrogen-bond acceptors (Lipinski definition) is 7. The SMILES string of the molecule is CCc1cc(=O)[nH]c(-c2cccc(NC(=O)CCc3nc(C4(NC(C)=O)CCCCCC4)no3)c2)n1. The second-order valence-electron chi connectivity index (χ2n) is 9.26. The van der Waals surface area contributed by atoms with Gasteiger partial charge in [-0.2, -0.15) is 4.98 Å². The highest BCUT2D eigenvalue weighted by Gasteiger charge is 2.38. The van der Waals surface area contributed by atoms with Crippen molar-refractivity contribution in [1.29, 1.82) is 0 Å². The molecule has 1 fully saturated rings. The smallest absolute Gasteiger partial charge is 0.251 e. The Morgan fingerprint density at radius 1 is 1.11 bits per heavy atom. The van der Waals surface area contributed by atoms with Crippen LogP contribution in [0, 0.1) is 0 Å². The Balaban J connectivity index is 1.40. The minimum Gasteiger partial charge on any atom is -0.343 e. The van der Waals surface area contributed by atoms with Crippen LogP contribution in [0.4, 0.5) is 5.69 Å². The largest absolute Gasteiger partial charge is 0.343 e. The van der Waals surface area contributed by atoms with Gasteiger partial charge in [-0.15, -0.1) is 0 Å². The maximum Gasteiger partial charge on any atom is 0.251 e. The molecule has 36 heavy (non-hydrogen) atoms. The van der Waals surface area contributed by atoms with Crippen LogP contribution in [0.5, 0.6) is 0 Å². The number of carbonyl (C=O) groups excluding carboxylic acids is 2. The Labute approximate surface area is 209 Å². The van der Waals surface area contributed by atoms with E-state index >= 15 is 0 Å². The molecule has 2 amide bonds. The molecule has 3 aromatic rings. The zero-order valence-electron chi connectivity index (χ0n) is 20.7. The molecule has 0 spiro atoms. The van der Waals surface area contributed by atoms with Crippen LogP contribution in [0.3, 0.4) is 0 Å². The summed E-state index contributed by atoms with van der Waals surface area (Å²) < 4.78 is 5.44. The van der Waals surface area contributed by atoms with Gasteiger partial charge in [-0.25, -0.2) is 4.98 Å². The molecule has 0 saturated heterocycles. The highest BCUT2D eigenvalue weighted by Crippen LogP contribution is 2.34. The minimum absolute atomic E-state index is 0.120. The molecule has 0 radical (unpaired) electrons. The standard InChI is InChI=1S/C26H32N6O4/c1-3-19-16-22(35)29-24(28-19)18-9-8-10-20(15-18)27-21(34)11-12-23-30-25(32-36-23)26(31-17(2)33)13-6-4-5-7-14-26/h8-10,15-16H,3-7,11-14H2,1-2H3,(H,27,34)(H,31,33)(H,28,29,35). The molecule has 10 heteroatoms. The number of nitrogens with zero attached hydrogens (tertiary/aromatic N) is 3. The maximum atomic E-state index is 12.6. The highest BCUT2D eigenvalue weighted by atomic mass is 16.5. The second-order valence-corrected chi connectivity index (χ2v) is 9.26. The van der Waals surface area contributed by atoms with Gasteiger partial charge in [0.2, 0.25) is 17.7 Å². The van der Waals surface area contributed by atoms with E-state index in [-0.39, 0.29) is 30.2 Å². The van der Waals surface area contributed by atoms with E-state index in [1.165, 1.54) is 13.0 Å². The summed E-state index contributed by atoms with van der Waals surface area (Å²) in [7, 11) is 0. The molecule has 0 bridgehead atoms. The first kappa shape index (κ1) is 25.3. The Hall–Kier alpha value is -3.82. The van der Waals surface area contributed by atoms with Gasteiger partial charge in [-0.1, -0.05) is 49.9 Å². The molecule has 190 valence electrons. The van der Waals surface area contributed by atoms with E-state index in [1.54, 1.807) is 18.2 Å². The number of anilines is 1. The van der Waals surface area contributed by atoms with E-state index in [4.69, 9.17) is 4.52 Å². The number of rotatable bonds is 8. The lowest BCUT2D eigenvalue weighted by atomic mass is 9.89. The molecule has 2 aromatic heterocycles. The van der Waals surface area contributed by atoms with E-state index < -0.39 is 5.54 Å². The Morgan fingerprint density at radius 2 is 1.89 bits per heavy atom. The van der Waals surface area contributed by atoms with Gasteiger partial charge in [-0.05, 0) is 31.4 Å². The van der Waals surface area contributed by atoms with E-state index in [0.717, 1.165) is 38.5 Å². The first-order valence-corrected chi connectivity index (χ1v) is 12.5. The Morgan fingerprint density at radius 3 is 2.61 bits per heavy atom. The molecule has 1 saturated carbocycles. The Bertz CT molecular complexity index is 1270. The summed E-state index contributed by atoms with van der Waals surface area (Å²) in [6.07, 6.45) is 6.81. The van der Waals surface area contributed by atoms with Gasteiger partial charge in [0, 0.05) is 42.8 Å². The summed E-state index contributed by atoms with van der Waals surface area (Å²) in [5, 5.41) is 10.1. The van der Waals surface area contributed by atoms with Gasteiger partial charge in [0.1, 0.15) is 11.4 Å². The molecule has 0 atom stereocenters. The normalized spacial score (nSPS) is 15.2. The van der Waals surface area contributed by atoms with Crippen molar-refractivity contribution in [1.82, 2.24) is 25.4 Å². The molecule has 1 aliphatic carbocycles. The monoisotopic (exact) mass is 492 g/mol. The number of aromatic amines is 1. The van der Waals surface area contributed by atoms with Crippen molar-refractivity contribution in [3.8, 4) is 11.4 Å². The third-order valence-electron chi connectivity index (χ3n) is 6.41. The fourth-order valence-electron chi connectivity index (χ4n) is 4.64. The fourth-order valence-corrected chi connectivity index (χ4v) is 4.64. The Kier molecular flexibility index (Phi) is 7.92. The van der Waals surface area contributed by atoms with Crippen LogP contribution in [-0.4, -0.2) is 31.9 Å². The number of carbonyl (C=O) groups is 2. The van der Waals surface area contributed by atoms with E-state index in [1.807, 2.05) is 13.0 Å². The molecule has 1 aliphatic rings. The molecular formula is C26H32N6O4. The van der Waals surface area contributed by atoms with Crippen molar-refractivity contribution in [2.45, 2.75) is 77.2 Å². The minimum atomic E-state index is -0.614. The van der Waals surface area contributed by atoms with Crippen molar-refractivity contribution in [2.24, 2.45) is 0 Å². The number of aromatic nitrogens is 4. The van der Waals surface area contributed by atoms with Crippen molar-refractivity contribution in [3.63, 3.8) is 0 Å². The molecule has 3 N–H and O–H groups in total. The summed E-state index contributed by atoms with van der Waals surface area (Å²) in [5.41, 5.74) is 1.17. The van der Waals surface area contributed by atoms with Crippen molar-refractivity contribution < 1.29 is 14.1 Å². The summed E-state index contributed by atoms with van der Waals surface area (Å²) in [4.78, 5) is 48.2. The third kappa shape index (κ3) is 6.24. The second kappa shape index (κ2) is 11.3. The van der Waals surface area contributed by atoms with Gasteiger partial charge in [-0.3, -0.25) is 14.4 Å². The summed E-state index contributed by atoms with van der Waals surface area (Å²) in [6, 6.07) is 8.64. The molecule has 4 rings (SSSR count). The molecule has 0 aliphatic heterocycles. The van der Waals surface area contributed by atoms with Crippen LogP contribution < -0.4 is 16.2 Å². The average Bonchev–Trinajstić information content (AvgIpc) is 3.22. The van der Waals surface area contributed by atoms with Crippen LogP contribution in [0.15, 0.2) is 39.6 Å². The summed E-state index contributed by atoms with van der Waals surface area (Å²) in [6.45, 7) is 3.44. The van der Waals surface area contributed by atoms with E-state index in [2.05, 4.69) is 30.7 Å². The third-order valence-corrected chi connectivity index (χ3v) is 6.41. The van der Waals surface area contributed by atoms with Gasteiger partial charge in [0.25, 0.3) is 5.56 Å². The summed E-state index contributed by atoms with van der Waals surface area (Å²) >= 11 is 0. The number of nitrogens with one attached hydrogen (secondary N) is 3. The predicted molar refractivity (Wildman–Crippen MR) is 134 cm³/mol. The van der Waals surface area contributed by atoms with Crippen molar-refractivity contribution >= 4 is 17.5 Å². The average molecular weight is 493 g/mol. The number of H-pyrrole nitrogens is 1. The van der Waals surface area contributed by atoms with E-state index in [9.17, 15) is 14.4 Å². The van der Waals surface area contributed by atoms with Gasteiger partial charge in [0.15, 0.2) is 5.82 Å². The van der Waals surface area contributed by atoms with Gasteiger partial charge >= 0.3 is 0 Å². The number of aryl methyl sites for hydroxylation is 2. The zero-order valence-corrected chi connectivity index (χ0v) is 20.7. The van der Waals surface area contributed by atoms with Gasteiger partial charge in [0.05, 0.1) is 0 Å². The van der Waals surface area contributed by atoms with Crippen LogP contribution in [0.25, 0.3) is 11.4 Å². The molecule has 10 nitrogen and oxygen atoms in total. The maximum absolute atomic E-state index is 12.6. The number of hydrogen-bond donors (Lipinski definition) is 3. The molecule has 2 heterocycles. The summed E-state index contributed by atoms with van der Waals surface area (Å²) in [5.74, 6) is 0.979. The van der Waals surface area contributed by atoms with Crippen LogP contribution in [0.2, 0.25) is 0 Å². The fraction of sp³-hybridized carbons (Fsp3) is 0.462. The van der Waals surface area contributed by atoms with E-state index in [0.29, 0.717) is 40.9 Å². The molecule has 0 unspecified atom stereocenters. The van der Waals surface area contributed by atoms with Crippen LogP contribution in [0.1, 0.15) is 76.2 Å². The van der Waals surface area contributed by atoms with Crippen LogP contribution >= 0.6 is 0 Å². The van der Waals surface area contributed by atoms with Gasteiger partial charge < -0.3 is 20.1 Å². The predicted octanol–water partition coefficient (Wildman–Crippen LogP) is 3.64. The van der Waals surface area contributed by atoms with Crippen molar-refractivity contribution in [2.75, 3.05) is 5.32 Å². The first-order chi connectivity index (χ1) is 17.4.